The van der Waals surface area contributed by atoms with E-state index in [-0.39, 0.29) is 31.1 Å². The highest BCUT2D eigenvalue weighted by molar-refractivity contribution is 7.98. The summed E-state index contributed by atoms with van der Waals surface area (Å²) in [6.07, 6.45) is -13.3. The number of nitrogens with one attached hydrogen (secondary N) is 14. The summed E-state index contributed by atoms with van der Waals surface area (Å²) in [5.41, 5.74) is 5.73. The topological polar surface area (TPSA) is 799 Å². The van der Waals surface area contributed by atoms with Gasteiger partial charge in [0.1, 0.15) is 79.1 Å². The van der Waals surface area contributed by atoms with Crippen LogP contribution in [0.3, 0.4) is 0 Å². The number of thioether (sulfide) groups is 1. The Bertz CT molecular complexity index is 3720. The number of nitrogens with two attached hydrogens (primary N) is 1. The van der Waals surface area contributed by atoms with Crippen LogP contribution in [0.1, 0.15) is 156 Å². The minimum absolute atomic E-state index is 0.0629. The van der Waals surface area contributed by atoms with Gasteiger partial charge in [0, 0.05) is 83.7 Å². The van der Waals surface area contributed by atoms with Crippen molar-refractivity contribution in [2.24, 2.45) is 11.7 Å². The summed E-state index contributed by atoms with van der Waals surface area (Å²) in [7, 11) is 1.37. The number of nitrogens with zero attached hydrogens (tertiary/aromatic N) is 1. The molecule has 25 N–H and O–H groups in total. The summed E-state index contributed by atoms with van der Waals surface area (Å²) in [6, 6.07) is -22.4. The van der Waals surface area contributed by atoms with E-state index in [4.69, 9.17) is 15.6 Å². The lowest BCUT2D eigenvalue weighted by atomic mass is 10.0. The van der Waals surface area contributed by atoms with Crippen LogP contribution in [-0.2, 0) is 120 Å². The summed E-state index contributed by atoms with van der Waals surface area (Å²) in [5, 5.41) is 117. The maximum Gasteiger partial charge on any atom is 0.303 e. The van der Waals surface area contributed by atoms with E-state index in [0.29, 0.717) is 6.42 Å². The van der Waals surface area contributed by atoms with Gasteiger partial charge in [-0.2, -0.15) is 11.8 Å². The largest absolute Gasteiger partial charge is 0.481 e. The van der Waals surface area contributed by atoms with Crippen LogP contribution in [0.5, 0.6) is 0 Å². The fourth-order valence-corrected chi connectivity index (χ4v) is 11.9. The summed E-state index contributed by atoms with van der Waals surface area (Å²) in [6.45, 7) is 2.80. The number of rotatable bonds is 62. The minimum Gasteiger partial charge on any atom is -0.481 e. The number of carboxylic acids is 9. The molecule has 1 rings (SSSR count). The van der Waals surface area contributed by atoms with Gasteiger partial charge in [-0.1, -0.05) is 13.8 Å². The van der Waals surface area contributed by atoms with Crippen molar-refractivity contribution in [2.75, 3.05) is 51.9 Å². The maximum atomic E-state index is 14.2. The van der Waals surface area contributed by atoms with E-state index in [1.165, 1.54) is 30.6 Å². The molecule has 0 aliphatic carbocycles. The van der Waals surface area contributed by atoms with E-state index in [0.717, 1.165) is 0 Å². The molecule has 50 nitrogen and oxygen atoms in total. The Morgan fingerprint density at radius 2 is 0.686 bits per heavy atom. The maximum absolute atomic E-state index is 14.2. The van der Waals surface area contributed by atoms with Gasteiger partial charge in [-0.25, -0.2) is 0 Å². The molecule has 13 atom stereocenters. The highest BCUT2D eigenvalue weighted by atomic mass is 32.2. The van der Waals surface area contributed by atoms with Crippen molar-refractivity contribution in [3.8, 4) is 0 Å². The van der Waals surface area contributed by atoms with Gasteiger partial charge in [0.05, 0.1) is 19.2 Å². The Hall–Kier alpha value is -12.4. The van der Waals surface area contributed by atoms with Gasteiger partial charge in [-0.05, 0) is 96.1 Å². The molecule has 15 amide bonds. The molecule has 0 aromatic carbocycles. The van der Waals surface area contributed by atoms with Crippen LogP contribution >= 0.6 is 11.8 Å². The van der Waals surface area contributed by atoms with Gasteiger partial charge < -0.3 is 136 Å². The molecule has 0 spiro atoms. The third kappa shape index (κ3) is 44.3. The number of likely N-dealkylation sites (tertiary alicyclic amines) is 1. The monoisotopic (exact) mass is 1750 g/mol. The summed E-state index contributed by atoms with van der Waals surface area (Å²) >= 11 is 1.22. The number of likely N-dealkylation sites (N-methyl/N-ethyl adjacent to an activating group) is 1. The van der Waals surface area contributed by atoms with Gasteiger partial charge in [0.15, 0.2) is 0 Å². The zero-order valence-electron chi connectivity index (χ0n) is 66.8. The lowest BCUT2D eigenvalue weighted by Crippen LogP contribution is -2.60. The number of amides is 15. The summed E-state index contributed by atoms with van der Waals surface area (Å²) < 4.78 is 5.48. The van der Waals surface area contributed by atoms with Crippen LogP contribution in [0.4, 0.5) is 0 Å². The number of carbonyl (C=O) groups excluding carboxylic acids is 15. The average molecular weight is 1750 g/mol. The average Bonchev–Trinajstić information content (AvgIpc) is 1.75. The molecule has 0 aromatic rings. The zero-order valence-corrected chi connectivity index (χ0v) is 67.7. The molecule has 1 aliphatic heterocycles. The molecule has 0 aromatic heterocycles. The molecule has 0 unspecified atom stereocenters. The van der Waals surface area contributed by atoms with E-state index < -0.39 is 363 Å². The first kappa shape index (κ1) is 107. The van der Waals surface area contributed by atoms with Crippen molar-refractivity contribution in [2.45, 2.75) is 234 Å². The van der Waals surface area contributed by atoms with Gasteiger partial charge in [0.2, 0.25) is 88.6 Å². The first-order valence-electron chi connectivity index (χ1n) is 37.9. The first-order chi connectivity index (χ1) is 56.7. The van der Waals surface area contributed by atoms with Crippen molar-refractivity contribution < 1.29 is 166 Å². The SMILES string of the molecule is CNC(=O)[C@H](C)NC(=O)[C@H](CSC)NC(=O)CNC(=O)[C@H](CC(C)C)NC(=O)[C@@H]1CCCN1C(=O)COCCNC(=O)[C@@H](CCC(=O)O)NC(=O)[C@@H](CCC(=O)O)NC(=O)[C@@H](CCC(=O)O)NC(=O)[C@@H](CCC(=O)O)NC(=O)[C@@H](CCC(=O)O)NC(=O)[C@@H](CCC(=O)O)NC(=O)[C@@H](CCC(=O)O)NC(=O)[C@@H](CCC(=O)O)NC(=O)[C@H](N)CCC(=O)O. The lowest BCUT2D eigenvalue weighted by Gasteiger charge is -2.28. The van der Waals surface area contributed by atoms with E-state index in [1.54, 1.807) is 20.1 Å². The Morgan fingerprint density at radius 1 is 0.380 bits per heavy atom. The molecule has 1 fully saturated rings. The van der Waals surface area contributed by atoms with Gasteiger partial charge in [-0.15, -0.1) is 0 Å². The third-order valence-electron chi connectivity index (χ3n) is 17.6. The number of hydrogen-bond donors (Lipinski definition) is 24. The van der Waals surface area contributed by atoms with Crippen LogP contribution < -0.4 is 80.2 Å². The Morgan fingerprint density at radius 3 is 1.00 bits per heavy atom. The number of carboxylic acid groups (broad SMARTS) is 9. The Balaban J connectivity index is 3.51. The Kier molecular flexibility index (Phi) is 49.4. The van der Waals surface area contributed by atoms with Crippen LogP contribution in [0.25, 0.3) is 0 Å². The molecule has 1 saturated heterocycles. The highest BCUT2D eigenvalue weighted by Crippen LogP contribution is 2.20. The molecule has 121 heavy (non-hydrogen) atoms. The molecular weight excluding hydrogens is 1640 g/mol. The number of hydrogen-bond acceptors (Lipinski definition) is 27. The van der Waals surface area contributed by atoms with E-state index in [1.807, 2.05) is 5.32 Å². The molecule has 51 heteroatoms. The van der Waals surface area contributed by atoms with Gasteiger partial charge >= 0.3 is 53.7 Å². The highest BCUT2D eigenvalue weighted by Gasteiger charge is 2.40. The smallest absolute Gasteiger partial charge is 0.303 e. The molecule has 1 heterocycles. The number of carbonyl (C=O) groups is 24. The van der Waals surface area contributed by atoms with E-state index in [9.17, 15) is 156 Å². The second-order valence-corrected chi connectivity index (χ2v) is 28.8. The van der Waals surface area contributed by atoms with Gasteiger partial charge in [0.25, 0.3) is 0 Å². The van der Waals surface area contributed by atoms with Crippen molar-refractivity contribution >= 4 is 154 Å². The fraction of sp³-hybridized carbons (Fsp3) is 0.657. The number of aliphatic carboxylic acids is 9. The van der Waals surface area contributed by atoms with Crippen molar-refractivity contribution in [3.63, 3.8) is 0 Å². The lowest BCUT2D eigenvalue weighted by molar-refractivity contribution is -0.142. The zero-order chi connectivity index (χ0) is 91.9. The summed E-state index contributed by atoms with van der Waals surface area (Å²) in [5.74, 6) is -31.0. The van der Waals surface area contributed by atoms with Gasteiger partial charge in [-0.3, -0.25) is 115 Å². The molecular formula is C70H108N16O34S. The quantitative estimate of drug-likeness (QED) is 0.0252. The summed E-state index contributed by atoms with van der Waals surface area (Å²) in [4.78, 5) is 310. The van der Waals surface area contributed by atoms with Crippen molar-refractivity contribution in [1.82, 2.24) is 79.3 Å². The molecule has 0 bridgehead atoms. The van der Waals surface area contributed by atoms with Crippen molar-refractivity contribution in [3.05, 3.63) is 0 Å². The number of ether oxygens (including phenoxy) is 1. The standard InChI is InChI=1S/C70H108N16O34S/c1-33(2)29-44(61(110)74-30-47(87)76-45(32-121-5)69(118)75-34(3)58(107)72-4)85-70(119)46-7-6-27-86(46)48(88)31-120-28-26-73-60(109)36(9-18-50(91)92)78-63(112)38(11-20-52(95)96)80-65(114)40(13-22-54(99)100)82-67(116)42(15-24-56(103)104)84-68(117)43(16-25-57(105)106)83-66(115)41(14-23-55(101)102)81-64(113)39(12-21-53(97)98)79-62(111)37(10-19-51(93)94)77-59(108)35(71)8-17-49(89)90/h33-46H,6-32,71H2,1-5H3,(H,72,107)(H,73,109)(H,74,110)(H,75,118)(H,76,87)(H,77,108)(H,78,112)(H,79,111)(H,80,114)(H,81,113)(H,82,116)(H,83,115)(H,84,117)(H,85,119)(H,89,90)(H,91,92)(H,93,94)(H,95,96)(H,97,98)(H,99,100)(H,101,102)(H,103,104)(H,105,106)/t34-,35+,36+,37+,38+,39+,40+,41+,42+,43+,44-,45-,46-/m0/s1. The second-order valence-electron chi connectivity index (χ2n) is 27.9. The minimum atomic E-state index is -2.18. The van der Waals surface area contributed by atoms with Crippen LogP contribution in [0.2, 0.25) is 0 Å². The van der Waals surface area contributed by atoms with E-state index in [2.05, 4.69) is 69.1 Å². The van der Waals surface area contributed by atoms with Crippen LogP contribution in [0, 0.1) is 5.92 Å². The normalized spacial score (nSPS) is 15.1. The first-order valence-corrected chi connectivity index (χ1v) is 39.3. The molecule has 0 saturated carbocycles. The molecule has 0 radical (unpaired) electrons. The predicted octanol–water partition coefficient (Wildman–Crippen LogP) is -8.16. The predicted molar refractivity (Wildman–Crippen MR) is 410 cm³/mol. The fourth-order valence-electron chi connectivity index (χ4n) is 11.3. The van der Waals surface area contributed by atoms with Crippen LogP contribution in [0.15, 0.2) is 0 Å². The second kappa shape index (κ2) is 56.1. The van der Waals surface area contributed by atoms with E-state index >= 15 is 0 Å². The Labute approximate surface area is 694 Å². The van der Waals surface area contributed by atoms with Crippen molar-refractivity contribution in [1.29, 1.82) is 0 Å². The van der Waals surface area contributed by atoms with Crippen LogP contribution in [-0.4, -0.2) is 324 Å². The third-order valence-corrected chi connectivity index (χ3v) is 18.3. The molecule has 678 valence electrons. The molecule has 1 aliphatic rings.